The van der Waals surface area contributed by atoms with Crippen LogP contribution in [0.1, 0.15) is 30.9 Å². The molecule has 0 bridgehead atoms. The van der Waals surface area contributed by atoms with Gasteiger partial charge in [-0.25, -0.2) is 4.79 Å². The second-order valence-corrected chi connectivity index (χ2v) is 6.70. The molecule has 134 valence electrons. The van der Waals surface area contributed by atoms with E-state index in [1.807, 2.05) is 47.0 Å². The summed E-state index contributed by atoms with van der Waals surface area (Å²) in [5, 5.41) is 16.9. The molecule has 1 aromatic heterocycles. The van der Waals surface area contributed by atoms with E-state index in [4.69, 9.17) is 0 Å². The van der Waals surface area contributed by atoms with E-state index in [0.717, 1.165) is 24.0 Å². The van der Waals surface area contributed by atoms with Gasteiger partial charge in [0.15, 0.2) is 0 Å². The lowest BCUT2D eigenvalue weighted by molar-refractivity contribution is 0.0798. The maximum absolute atomic E-state index is 12.4. The van der Waals surface area contributed by atoms with Gasteiger partial charge in [0.05, 0.1) is 12.6 Å². The SMILES string of the molecule is CC(O)C1CCN(C(=O)NCc2ccccc2Cn2cccn2)CC1. The average molecular weight is 342 g/mol. The fourth-order valence-electron chi connectivity index (χ4n) is 3.32. The summed E-state index contributed by atoms with van der Waals surface area (Å²) in [6.45, 7) is 4.44. The number of hydrogen-bond acceptors (Lipinski definition) is 3. The highest BCUT2D eigenvalue weighted by Crippen LogP contribution is 2.20. The van der Waals surface area contributed by atoms with Crippen LogP contribution < -0.4 is 5.32 Å². The Morgan fingerprint density at radius 2 is 2.00 bits per heavy atom. The van der Waals surface area contributed by atoms with E-state index >= 15 is 0 Å². The van der Waals surface area contributed by atoms with Crippen molar-refractivity contribution in [1.29, 1.82) is 0 Å². The van der Waals surface area contributed by atoms with Crippen molar-refractivity contribution in [3.05, 3.63) is 53.9 Å². The van der Waals surface area contributed by atoms with Crippen molar-refractivity contribution in [3.63, 3.8) is 0 Å². The number of nitrogens with one attached hydrogen (secondary N) is 1. The lowest BCUT2D eigenvalue weighted by Gasteiger charge is -2.33. The van der Waals surface area contributed by atoms with Gasteiger partial charge in [-0.3, -0.25) is 4.68 Å². The van der Waals surface area contributed by atoms with Gasteiger partial charge in [-0.15, -0.1) is 0 Å². The van der Waals surface area contributed by atoms with Gasteiger partial charge < -0.3 is 15.3 Å². The minimum Gasteiger partial charge on any atom is -0.393 e. The molecule has 2 heterocycles. The van der Waals surface area contributed by atoms with Crippen molar-refractivity contribution >= 4 is 6.03 Å². The highest BCUT2D eigenvalue weighted by atomic mass is 16.3. The van der Waals surface area contributed by atoms with Crippen molar-refractivity contribution in [2.45, 2.75) is 39.0 Å². The molecule has 2 amide bonds. The fourth-order valence-corrected chi connectivity index (χ4v) is 3.32. The Labute approximate surface area is 148 Å². The van der Waals surface area contributed by atoms with Gasteiger partial charge in [0, 0.05) is 32.0 Å². The average Bonchev–Trinajstić information content (AvgIpc) is 3.14. The summed E-state index contributed by atoms with van der Waals surface area (Å²) in [4.78, 5) is 14.3. The van der Waals surface area contributed by atoms with E-state index in [9.17, 15) is 9.90 Å². The summed E-state index contributed by atoms with van der Waals surface area (Å²) in [7, 11) is 0. The molecule has 0 saturated carbocycles. The molecule has 0 aliphatic carbocycles. The largest absolute Gasteiger partial charge is 0.393 e. The molecule has 1 aliphatic rings. The third kappa shape index (κ3) is 4.60. The number of likely N-dealkylation sites (tertiary alicyclic amines) is 1. The fraction of sp³-hybridized carbons (Fsp3) is 0.474. The molecule has 2 aromatic rings. The molecule has 1 fully saturated rings. The smallest absolute Gasteiger partial charge is 0.317 e. The Morgan fingerprint density at radius 1 is 1.28 bits per heavy atom. The Morgan fingerprint density at radius 3 is 2.64 bits per heavy atom. The lowest BCUT2D eigenvalue weighted by atomic mass is 9.92. The summed E-state index contributed by atoms with van der Waals surface area (Å²) < 4.78 is 1.88. The van der Waals surface area contributed by atoms with E-state index in [1.54, 1.807) is 6.20 Å². The Bertz CT molecular complexity index is 676. The van der Waals surface area contributed by atoms with Gasteiger partial charge in [-0.2, -0.15) is 5.10 Å². The summed E-state index contributed by atoms with van der Waals surface area (Å²) in [6.07, 6.45) is 5.13. The van der Waals surface area contributed by atoms with Crippen LogP contribution in [0.25, 0.3) is 0 Å². The normalized spacial score (nSPS) is 16.6. The van der Waals surface area contributed by atoms with Crippen LogP contribution in [0.4, 0.5) is 4.79 Å². The molecule has 1 aromatic carbocycles. The van der Waals surface area contributed by atoms with Crippen LogP contribution in [0.2, 0.25) is 0 Å². The predicted molar refractivity (Wildman–Crippen MR) is 96.0 cm³/mol. The first-order valence-electron chi connectivity index (χ1n) is 8.88. The summed E-state index contributed by atoms with van der Waals surface area (Å²) in [5.74, 6) is 0.304. The minimum absolute atomic E-state index is 0.0297. The highest BCUT2D eigenvalue weighted by molar-refractivity contribution is 5.74. The van der Waals surface area contributed by atoms with Crippen LogP contribution in [0.15, 0.2) is 42.7 Å². The van der Waals surface area contributed by atoms with Gasteiger partial charge in [0.2, 0.25) is 0 Å². The second-order valence-electron chi connectivity index (χ2n) is 6.70. The van der Waals surface area contributed by atoms with Crippen LogP contribution in [0, 0.1) is 5.92 Å². The third-order valence-electron chi connectivity index (χ3n) is 4.95. The number of aliphatic hydroxyl groups is 1. The molecule has 6 heteroatoms. The maximum Gasteiger partial charge on any atom is 0.317 e. The van der Waals surface area contributed by atoms with Crippen molar-refractivity contribution in [1.82, 2.24) is 20.0 Å². The number of aliphatic hydroxyl groups excluding tert-OH is 1. The topological polar surface area (TPSA) is 70.4 Å². The van der Waals surface area contributed by atoms with Gasteiger partial charge in [0.1, 0.15) is 0 Å². The zero-order valence-corrected chi connectivity index (χ0v) is 14.6. The lowest BCUT2D eigenvalue weighted by Crippen LogP contribution is -2.45. The van der Waals surface area contributed by atoms with Crippen LogP contribution >= 0.6 is 0 Å². The molecule has 1 aliphatic heterocycles. The molecule has 1 unspecified atom stereocenters. The summed E-state index contributed by atoms with van der Waals surface area (Å²) in [6, 6.07) is 9.97. The number of nitrogens with zero attached hydrogens (tertiary/aromatic N) is 3. The van der Waals surface area contributed by atoms with Gasteiger partial charge in [-0.1, -0.05) is 24.3 Å². The quantitative estimate of drug-likeness (QED) is 0.875. The molecule has 3 rings (SSSR count). The molecular formula is C19H26N4O2. The predicted octanol–water partition coefficient (Wildman–Crippen LogP) is 2.23. The number of aromatic nitrogens is 2. The first kappa shape index (κ1) is 17.5. The van der Waals surface area contributed by atoms with Crippen molar-refractivity contribution in [2.24, 2.45) is 5.92 Å². The molecule has 6 nitrogen and oxygen atoms in total. The van der Waals surface area contributed by atoms with Gasteiger partial charge in [0.25, 0.3) is 0 Å². The molecule has 1 atom stereocenters. The number of piperidine rings is 1. The van der Waals surface area contributed by atoms with E-state index in [2.05, 4.69) is 16.5 Å². The van der Waals surface area contributed by atoms with Crippen LogP contribution in [-0.4, -0.2) is 45.0 Å². The molecule has 25 heavy (non-hydrogen) atoms. The number of carbonyl (C=O) groups excluding carboxylic acids is 1. The number of rotatable bonds is 5. The summed E-state index contributed by atoms with van der Waals surface area (Å²) >= 11 is 0. The minimum atomic E-state index is -0.292. The van der Waals surface area contributed by atoms with E-state index in [0.29, 0.717) is 32.1 Å². The Hall–Kier alpha value is -2.34. The van der Waals surface area contributed by atoms with Crippen LogP contribution in [-0.2, 0) is 13.1 Å². The number of amides is 2. The van der Waals surface area contributed by atoms with Gasteiger partial charge in [-0.05, 0) is 42.9 Å². The van der Waals surface area contributed by atoms with Crippen molar-refractivity contribution in [3.8, 4) is 0 Å². The van der Waals surface area contributed by atoms with Crippen molar-refractivity contribution < 1.29 is 9.90 Å². The number of urea groups is 1. The Kier molecular flexibility index (Phi) is 5.71. The van der Waals surface area contributed by atoms with Gasteiger partial charge >= 0.3 is 6.03 Å². The zero-order valence-electron chi connectivity index (χ0n) is 14.6. The van der Waals surface area contributed by atoms with Crippen molar-refractivity contribution in [2.75, 3.05) is 13.1 Å². The molecular weight excluding hydrogens is 316 g/mol. The summed E-state index contributed by atoms with van der Waals surface area (Å²) in [5.41, 5.74) is 2.25. The molecule has 1 saturated heterocycles. The standard InChI is InChI=1S/C19H26N4O2/c1-15(24)16-7-11-22(12-8-16)19(25)20-13-17-5-2-3-6-18(17)14-23-10-4-9-21-23/h2-6,9-10,15-16,24H,7-8,11-14H2,1H3,(H,20,25). The zero-order chi connectivity index (χ0) is 17.6. The first-order chi connectivity index (χ1) is 12.1. The van der Waals surface area contributed by atoms with E-state index < -0.39 is 0 Å². The number of benzene rings is 1. The highest BCUT2D eigenvalue weighted by Gasteiger charge is 2.25. The Balaban J connectivity index is 1.54. The number of carbonyl (C=O) groups is 1. The van der Waals surface area contributed by atoms with Crippen LogP contribution in [0.5, 0.6) is 0 Å². The monoisotopic (exact) mass is 342 g/mol. The third-order valence-corrected chi connectivity index (χ3v) is 4.95. The molecule has 0 radical (unpaired) electrons. The molecule has 2 N–H and O–H groups in total. The van der Waals surface area contributed by atoms with Crippen LogP contribution in [0.3, 0.4) is 0 Å². The second kappa shape index (κ2) is 8.16. The van der Waals surface area contributed by atoms with E-state index in [-0.39, 0.29) is 12.1 Å². The number of hydrogen-bond donors (Lipinski definition) is 2. The molecule has 0 spiro atoms. The maximum atomic E-state index is 12.4. The first-order valence-corrected chi connectivity index (χ1v) is 8.88. The van der Waals surface area contributed by atoms with E-state index in [1.165, 1.54) is 0 Å².